The van der Waals surface area contributed by atoms with Gasteiger partial charge in [0.15, 0.2) is 6.17 Å². The molecule has 2 aromatic heterocycles. The number of imidazole rings is 1. The van der Waals surface area contributed by atoms with Crippen LogP contribution in [0.5, 0.6) is 0 Å². The van der Waals surface area contributed by atoms with Crippen molar-refractivity contribution in [3.63, 3.8) is 0 Å². The third kappa shape index (κ3) is 2.52. The standard InChI is InChI=1S/C20H22N6O2/c1-2-7-16-15(6-1)22-20-25-13-24(11-14-5-3-9-27-14)12-21-19(25)23-18(26(16)20)17-8-4-10-28-17/h1-2,4,6-8,10,14,18H,3,5,9,11-13H2,(H,21,23)/t14-,18+/m0/s1. The molecule has 3 aliphatic heterocycles. The lowest BCUT2D eigenvalue weighted by molar-refractivity contribution is 0.0732. The van der Waals surface area contributed by atoms with E-state index in [1.807, 2.05) is 30.3 Å². The first kappa shape index (κ1) is 16.1. The number of guanidine groups is 1. The Kier molecular flexibility index (Phi) is 3.66. The number of benzene rings is 1. The largest absolute Gasteiger partial charge is 0.465 e. The summed E-state index contributed by atoms with van der Waals surface area (Å²) in [6, 6.07) is 12.1. The van der Waals surface area contributed by atoms with Gasteiger partial charge in [-0.1, -0.05) is 12.1 Å². The van der Waals surface area contributed by atoms with E-state index in [-0.39, 0.29) is 6.17 Å². The Hall–Kier alpha value is -2.84. The van der Waals surface area contributed by atoms with Crippen LogP contribution in [0, 0.1) is 0 Å². The van der Waals surface area contributed by atoms with Crippen molar-refractivity contribution in [2.24, 2.45) is 4.99 Å². The Morgan fingerprint density at radius 2 is 2.14 bits per heavy atom. The van der Waals surface area contributed by atoms with Crippen molar-refractivity contribution in [3.05, 3.63) is 48.4 Å². The van der Waals surface area contributed by atoms with E-state index in [0.29, 0.717) is 12.8 Å². The highest BCUT2D eigenvalue weighted by Gasteiger charge is 2.37. The van der Waals surface area contributed by atoms with Crippen molar-refractivity contribution < 1.29 is 9.15 Å². The number of furan rings is 1. The van der Waals surface area contributed by atoms with Crippen LogP contribution in [0.1, 0.15) is 24.8 Å². The molecule has 28 heavy (non-hydrogen) atoms. The normalized spacial score (nSPS) is 24.7. The van der Waals surface area contributed by atoms with Crippen LogP contribution in [0.3, 0.4) is 0 Å². The molecule has 8 heteroatoms. The number of ether oxygens (including phenoxy) is 1. The summed E-state index contributed by atoms with van der Waals surface area (Å²) in [7, 11) is 0. The summed E-state index contributed by atoms with van der Waals surface area (Å²) in [5.41, 5.74) is 2.04. The number of para-hydroxylation sites is 2. The molecule has 0 bridgehead atoms. The maximum absolute atomic E-state index is 5.82. The minimum absolute atomic E-state index is 0.169. The zero-order valence-electron chi connectivity index (χ0n) is 15.5. The molecule has 3 aliphatic rings. The van der Waals surface area contributed by atoms with Crippen molar-refractivity contribution in [2.75, 3.05) is 31.4 Å². The SMILES string of the molecule is c1coc([C@@H]2NC3=NCN(C[C@@H]4CCCO4)CN3c3nc4ccccc4n32)c1. The van der Waals surface area contributed by atoms with Crippen LogP contribution in [0.25, 0.3) is 11.0 Å². The van der Waals surface area contributed by atoms with Crippen LogP contribution in [-0.2, 0) is 4.74 Å². The smallest absolute Gasteiger partial charge is 0.216 e. The Morgan fingerprint density at radius 1 is 1.18 bits per heavy atom. The van der Waals surface area contributed by atoms with E-state index < -0.39 is 0 Å². The fourth-order valence-electron chi connectivity index (χ4n) is 4.35. The highest BCUT2D eigenvalue weighted by molar-refractivity contribution is 5.98. The first-order chi connectivity index (χ1) is 13.9. The Labute approximate surface area is 162 Å². The third-order valence-electron chi connectivity index (χ3n) is 5.66. The number of nitrogens with zero attached hydrogens (tertiary/aromatic N) is 5. The predicted octanol–water partition coefficient (Wildman–Crippen LogP) is 2.35. The van der Waals surface area contributed by atoms with Gasteiger partial charge in [0.05, 0.1) is 36.7 Å². The van der Waals surface area contributed by atoms with E-state index in [0.717, 1.165) is 61.4 Å². The number of fused-ring (bicyclic) bond motifs is 5. The average Bonchev–Trinajstić information content (AvgIpc) is 3.48. The minimum atomic E-state index is -0.169. The quantitative estimate of drug-likeness (QED) is 0.754. The summed E-state index contributed by atoms with van der Waals surface area (Å²) < 4.78 is 13.7. The highest BCUT2D eigenvalue weighted by Crippen LogP contribution is 2.34. The van der Waals surface area contributed by atoms with Gasteiger partial charge in [-0.25, -0.2) is 9.98 Å². The van der Waals surface area contributed by atoms with Crippen LogP contribution < -0.4 is 10.2 Å². The van der Waals surface area contributed by atoms with Gasteiger partial charge in [0.25, 0.3) is 0 Å². The molecular formula is C20H22N6O2. The van der Waals surface area contributed by atoms with Crippen molar-refractivity contribution in [3.8, 4) is 0 Å². The summed E-state index contributed by atoms with van der Waals surface area (Å²) in [4.78, 5) is 14.2. The van der Waals surface area contributed by atoms with E-state index in [1.165, 1.54) is 0 Å². The number of hydrogen-bond acceptors (Lipinski definition) is 7. The molecule has 0 radical (unpaired) electrons. The van der Waals surface area contributed by atoms with Crippen LogP contribution >= 0.6 is 0 Å². The molecule has 3 aromatic rings. The fraction of sp³-hybridized carbons (Fsp3) is 0.400. The van der Waals surface area contributed by atoms with E-state index in [4.69, 9.17) is 19.1 Å². The number of rotatable bonds is 3. The van der Waals surface area contributed by atoms with Crippen molar-refractivity contribution >= 4 is 22.9 Å². The van der Waals surface area contributed by atoms with Gasteiger partial charge in [0.1, 0.15) is 5.76 Å². The summed E-state index contributed by atoms with van der Waals surface area (Å²) in [6.45, 7) is 3.16. The topological polar surface area (TPSA) is 71.1 Å². The van der Waals surface area contributed by atoms with Gasteiger partial charge >= 0.3 is 0 Å². The Morgan fingerprint density at radius 3 is 3.00 bits per heavy atom. The van der Waals surface area contributed by atoms with Gasteiger partial charge in [-0.15, -0.1) is 0 Å². The first-order valence-corrected chi connectivity index (χ1v) is 9.80. The molecule has 1 saturated heterocycles. The number of nitrogens with one attached hydrogen (secondary N) is 1. The van der Waals surface area contributed by atoms with E-state index >= 15 is 0 Å². The maximum atomic E-state index is 5.82. The second kappa shape index (κ2) is 6.35. The molecule has 8 nitrogen and oxygen atoms in total. The van der Waals surface area contributed by atoms with Crippen LogP contribution in [0.2, 0.25) is 0 Å². The van der Waals surface area contributed by atoms with Gasteiger partial charge in [-0.05, 0) is 37.1 Å². The highest BCUT2D eigenvalue weighted by atomic mass is 16.5. The van der Waals surface area contributed by atoms with Crippen LogP contribution in [-0.4, -0.2) is 53.0 Å². The number of aliphatic imine (C=N–C) groups is 1. The number of anilines is 1. The molecule has 0 amide bonds. The molecule has 0 saturated carbocycles. The second-order valence-corrected chi connectivity index (χ2v) is 7.51. The first-order valence-electron chi connectivity index (χ1n) is 9.80. The fourth-order valence-corrected chi connectivity index (χ4v) is 4.35. The maximum Gasteiger partial charge on any atom is 0.216 e. The lowest BCUT2D eigenvalue weighted by Gasteiger charge is -2.41. The second-order valence-electron chi connectivity index (χ2n) is 7.51. The lowest BCUT2D eigenvalue weighted by atomic mass is 10.2. The number of aromatic nitrogens is 2. The summed E-state index contributed by atoms with van der Waals surface area (Å²) in [5, 5.41) is 3.55. The summed E-state index contributed by atoms with van der Waals surface area (Å²) in [6.07, 6.45) is 4.12. The average molecular weight is 378 g/mol. The molecule has 1 fully saturated rings. The molecule has 5 heterocycles. The van der Waals surface area contributed by atoms with Crippen molar-refractivity contribution in [1.82, 2.24) is 19.8 Å². The molecule has 0 unspecified atom stereocenters. The van der Waals surface area contributed by atoms with Gasteiger partial charge < -0.3 is 14.5 Å². The lowest BCUT2D eigenvalue weighted by Crippen LogP contribution is -2.58. The van der Waals surface area contributed by atoms with E-state index in [1.54, 1.807) is 6.26 Å². The molecule has 0 spiro atoms. The van der Waals surface area contributed by atoms with E-state index in [9.17, 15) is 0 Å². The van der Waals surface area contributed by atoms with E-state index in [2.05, 4.69) is 25.8 Å². The zero-order valence-corrected chi connectivity index (χ0v) is 15.5. The molecular weight excluding hydrogens is 356 g/mol. The van der Waals surface area contributed by atoms with Crippen molar-refractivity contribution in [2.45, 2.75) is 25.1 Å². The zero-order chi connectivity index (χ0) is 18.5. The third-order valence-corrected chi connectivity index (χ3v) is 5.66. The molecule has 6 rings (SSSR count). The van der Waals surface area contributed by atoms with Gasteiger partial charge in [-0.2, -0.15) is 0 Å². The number of hydrogen-bond donors (Lipinski definition) is 1. The van der Waals surface area contributed by atoms with Crippen LogP contribution in [0.4, 0.5) is 5.95 Å². The monoisotopic (exact) mass is 378 g/mol. The molecule has 1 aromatic carbocycles. The summed E-state index contributed by atoms with van der Waals surface area (Å²) >= 11 is 0. The molecule has 144 valence electrons. The van der Waals surface area contributed by atoms with Crippen molar-refractivity contribution in [1.29, 1.82) is 0 Å². The van der Waals surface area contributed by atoms with Crippen LogP contribution in [0.15, 0.2) is 52.1 Å². The predicted molar refractivity (Wildman–Crippen MR) is 105 cm³/mol. The molecule has 0 aliphatic carbocycles. The van der Waals surface area contributed by atoms with Gasteiger partial charge in [0.2, 0.25) is 11.9 Å². The Bertz CT molecular complexity index is 1020. The van der Waals surface area contributed by atoms with Gasteiger partial charge in [0, 0.05) is 13.2 Å². The minimum Gasteiger partial charge on any atom is -0.465 e. The molecule has 1 N–H and O–H groups in total. The Balaban J connectivity index is 1.41. The molecule has 2 atom stereocenters. The summed E-state index contributed by atoms with van der Waals surface area (Å²) in [5.74, 6) is 2.57. The van der Waals surface area contributed by atoms with Gasteiger partial charge in [-0.3, -0.25) is 14.4 Å².